The molecule has 2 aromatic heterocycles. The van der Waals surface area contributed by atoms with Crippen LogP contribution in [0.2, 0.25) is 10.4 Å². The van der Waals surface area contributed by atoms with E-state index >= 15 is 0 Å². The van der Waals surface area contributed by atoms with Crippen molar-refractivity contribution in [3.63, 3.8) is 0 Å². The molecule has 1 aliphatic heterocycles. The Morgan fingerprint density at radius 3 is 2.65 bits per heavy atom. The summed E-state index contributed by atoms with van der Waals surface area (Å²) < 4.78 is 1.90. The van der Waals surface area contributed by atoms with Gasteiger partial charge in [0.05, 0.1) is 6.33 Å². The van der Waals surface area contributed by atoms with E-state index < -0.39 is 6.09 Å². The van der Waals surface area contributed by atoms with Gasteiger partial charge in [0.25, 0.3) is 0 Å². The first kappa shape index (κ1) is 13.4. The summed E-state index contributed by atoms with van der Waals surface area (Å²) >= 11 is 11.8. The Hall–Kier alpha value is -1.60. The van der Waals surface area contributed by atoms with Crippen molar-refractivity contribution in [2.24, 2.45) is 0 Å². The fourth-order valence-electron chi connectivity index (χ4n) is 2.46. The number of aromatic nitrogens is 4. The number of carboxylic acid groups (broad SMARTS) is 1. The average Bonchev–Trinajstić information content (AvgIpc) is 2.82. The molecule has 0 saturated carbocycles. The van der Waals surface area contributed by atoms with Crippen molar-refractivity contribution < 1.29 is 9.90 Å². The average molecular weight is 316 g/mol. The van der Waals surface area contributed by atoms with Gasteiger partial charge < -0.3 is 14.6 Å². The van der Waals surface area contributed by atoms with Crippen molar-refractivity contribution in [3.8, 4) is 0 Å². The number of halogens is 2. The normalized spacial score (nSPS) is 16.8. The maximum atomic E-state index is 10.9. The molecule has 0 radical (unpaired) electrons. The molecule has 3 heterocycles. The standard InChI is InChI=1S/C11H11Cl2N5O2/c12-8-7-9(16-10(13)15-8)18(5-14-7)6-1-3-17(4-2-6)11(19)20/h5-6H,1-4H2,(H,19,20). The summed E-state index contributed by atoms with van der Waals surface area (Å²) in [5, 5.41) is 9.25. The van der Waals surface area contributed by atoms with Crippen molar-refractivity contribution in [1.29, 1.82) is 0 Å². The number of fused-ring (bicyclic) bond motifs is 1. The van der Waals surface area contributed by atoms with Gasteiger partial charge in [-0.2, -0.15) is 4.98 Å². The molecule has 20 heavy (non-hydrogen) atoms. The first-order chi connectivity index (χ1) is 9.56. The SMILES string of the molecule is O=C(O)N1CCC(n2cnc3c(Cl)nc(Cl)nc32)CC1. The molecular formula is C11H11Cl2N5O2. The van der Waals surface area contributed by atoms with Crippen LogP contribution in [0.25, 0.3) is 11.2 Å². The Bertz CT molecular complexity index is 666. The Labute approximate surface area is 124 Å². The predicted molar refractivity (Wildman–Crippen MR) is 73.2 cm³/mol. The highest BCUT2D eigenvalue weighted by Gasteiger charge is 2.25. The topological polar surface area (TPSA) is 84.1 Å². The fraction of sp³-hybridized carbons (Fsp3) is 0.455. The molecule has 106 valence electrons. The van der Waals surface area contributed by atoms with Gasteiger partial charge in [-0.1, -0.05) is 11.6 Å². The van der Waals surface area contributed by atoms with Crippen LogP contribution in [0.1, 0.15) is 18.9 Å². The molecule has 2 aromatic rings. The van der Waals surface area contributed by atoms with E-state index in [1.165, 1.54) is 4.90 Å². The van der Waals surface area contributed by atoms with Gasteiger partial charge in [0, 0.05) is 19.1 Å². The summed E-state index contributed by atoms with van der Waals surface area (Å²) in [6.45, 7) is 0.985. The van der Waals surface area contributed by atoms with E-state index in [1.807, 2.05) is 4.57 Å². The summed E-state index contributed by atoms with van der Waals surface area (Å²) in [5.74, 6) is 0. The third kappa shape index (κ3) is 2.27. The Morgan fingerprint density at radius 2 is 2.00 bits per heavy atom. The van der Waals surface area contributed by atoms with Gasteiger partial charge in [-0.3, -0.25) is 0 Å². The second-order valence-corrected chi connectivity index (χ2v) is 5.30. The van der Waals surface area contributed by atoms with Crippen LogP contribution < -0.4 is 0 Å². The van der Waals surface area contributed by atoms with Crippen LogP contribution in [-0.2, 0) is 0 Å². The van der Waals surface area contributed by atoms with Crippen molar-refractivity contribution >= 4 is 40.5 Å². The number of hydrogen-bond acceptors (Lipinski definition) is 4. The molecule has 0 aromatic carbocycles. The summed E-state index contributed by atoms with van der Waals surface area (Å²) in [7, 11) is 0. The number of nitrogens with zero attached hydrogens (tertiary/aromatic N) is 5. The summed E-state index contributed by atoms with van der Waals surface area (Å²) in [6, 6.07) is 0.137. The van der Waals surface area contributed by atoms with Crippen LogP contribution in [0, 0.1) is 0 Å². The molecular weight excluding hydrogens is 305 g/mol. The lowest BCUT2D eigenvalue weighted by Crippen LogP contribution is -2.38. The van der Waals surface area contributed by atoms with Gasteiger partial charge in [-0.05, 0) is 24.4 Å². The number of piperidine rings is 1. The van der Waals surface area contributed by atoms with Crippen LogP contribution in [0.15, 0.2) is 6.33 Å². The van der Waals surface area contributed by atoms with Gasteiger partial charge in [-0.15, -0.1) is 0 Å². The van der Waals surface area contributed by atoms with E-state index in [4.69, 9.17) is 28.3 Å². The minimum absolute atomic E-state index is 0.0761. The zero-order valence-corrected chi connectivity index (χ0v) is 11.8. The number of amides is 1. The van der Waals surface area contributed by atoms with E-state index in [1.54, 1.807) is 6.33 Å². The third-order valence-electron chi connectivity index (χ3n) is 3.48. The molecule has 7 nitrogen and oxygen atoms in total. The molecule has 9 heteroatoms. The van der Waals surface area contributed by atoms with Crippen LogP contribution in [0.4, 0.5) is 4.79 Å². The first-order valence-electron chi connectivity index (χ1n) is 6.09. The molecule has 0 atom stereocenters. The van der Waals surface area contributed by atoms with E-state index in [2.05, 4.69) is 15.0 Å². The highest BCUT2D eigenvalue weighted by molar-refractivity contribution is 6.35. The monoisotopic (exact) mass is 315 g/mol. The molecule has 3 rings (SSSR count). The van der Waals surface area contributed by atoms with Gasteiger partial charge in [0.2, 0.25) is 5.28 Å². The Morgan fingerprint density at radius 1 is 1.30 bits per heavy atom. The number of carbonyl (C=O) groups is 1. The second-order valence-electron chi connectivity index (χ2n) is 4.61. The molecule has 1 fully saturated rings. The van der Waals surface area contributed by atoms with Crippen LogP contribution >= 0.6 is 23.2 Å². The summed E-state index contributed by atoms with van der Waals surface area (Å²) in [6.07, 6.45) is 2.18. The molecule has 0 aliphatic carbocycles. The zero-order valence-electron chi connectivity index (χ0n) is 10.3. The largest absolute Gasteiger partial charge is 0.465 e. The van der Waals surface area contributed by atoms with Crippen molar-refractivity contribution in [1.82, 2.24) is 24.4 Å². The van der Waals surface area contributed by atoms with E-state index in [0.29, 0.717) is 37.1 Å². The minimum atomic E-state index is -0.882. The molecule has 0 bridgehead atoms. The third-order valence-corrected chi connectivity index (χ3v) is 3.91. The van der Waals surface area contributed by atoms with Crippen LogP contribution in [-0.4, -0.2) is 48.7 Å². The van der Waals surface area contributed by atoms with E-state index in [9.17, 15) is 4.79 Å². The van der Waals surface area contributed by atoms with Gasteiger partial charge in [-0.25, -0.2) is 14.8 Å². The maximum absolute atomic E-state index is 10.9. The summed E-state index contributed by atoms with van der Waals surface area (Å²) in [4.78, 5) is 24.5. The molecule has 1 N–H and O–H groups in total. The molecule has 1 saturated heterocycles. The quantitative estimate of drug-likeness (QED) is 0.645. The van der Waals surface area contributed by atoms with Crippen molar-refractivity contribution in [3.05, 3.63) is 16.8 Å². The first-order valence-corrected chi connectivity index (χ1v) is 6.85. The highest BCUT2D eigenvalue weighted by atomic mass is 35.5. The molecule has 0 spiro atoms. The smallest absolute Gasteiger partial charge is 0.407 e. The fourth-order valence-corrected chi connectivity index (χ4v) is 2.88. The van der Waals surface area contributed by atoms with Gasteiger partial charge in [0.15, 0.2) is 10.8 Å². The second kappa shape index (κ2) is 5.06. The maximum Gasteiger partial charge on any atom is 0.407 e. The summed E-state index contributed by atoms with van der Waals surface area (Å²) in [5.41, 5.74) is 1.10. The lowest BCUT2D eigenvalue weighted by molar-refractivity contribution is 0.126. The molecule has 0 unspecified atom stereocenters. The lowest BCUT2D eigenvalue weighted by atomic mass is 10.1. The zero-order chi connectivity index (χ0) is 14.3. The van der Waals surface area contributed by atoms with Crippen LogP contribution in [0.3, 0.4) is 0 Å². The van der Waals surface area contributed by atoms with Crippen molar-refractivity contribution in [2.75, 3.05) is 13.1 Å². The number of hydrogen-bond donors (Lipinski definition) is 1. The Balaban J connectivity index is 1.90. The number of rotatable bonds is 1. The predicted octanol–water partition coefficient (Wildman–Crippen LogP) is 2.45. The molecule has 1 aliphatic rings. The van der Waals surface area contributed by atoms with E-state index in [0.717, 1.165) is 0 Å². The molecule has 1 amide bonds. The van der Waals surface area contributed by atoms with Crippen molar-refractivity contribution in [2.45, 2.75) is 18.9 Å². The van der Waals surface area contributed by atoms with Crippen LogP contribution in [0.5, 0.6) is 0 Å². The van der Waals surface area contributed by atoms with Gasteiger partial charge in [0.1, 0.15) is 5.52 Å². The van der Waals surface area contributed by atoms with E-state index in [-0.39, 0.29) is 16.5 Å². The minimum Gasteiger partial charge on any atom is -0.465 e. The number of likely N-dealkylation sites (tertiary alicyclic amines) is 1. The van der Waals surface area contributed by atoms with Gasteiger partial charge >= 0.3 is 6.09 Å². The Kier molecular flexibility index (Phi) is 3.39. The lowest BCUT2D eigenvalue weighted by Gasteiger charge is -2.30. The number of imidazole rings is 1. The highest BCUT2D eigenvalue weighted by Crippen LogP contribution is 2.28.